The number of nitrogens with two attached hydrogens (primary N) is 1. The molecular weight excluding hydrogens is 386 g/mol. The number of hydrogen-bond acceptors (Lipinski definition) is 6. The van der Waals surface area contributed by atoms with E-state index in [4.69, 9.17) is 10.6 Å². The highest BCUT2D eigenvalue weighted by Gasteiger charge is 2.15. The lowest BCUT2D eigenvalue weighted by Gasteiger charge is -2.14. The first kappa shape index (κ1) is 20.7. The molecule has 0 unspecified atom stereocenters. The van der Waals surface area contributed by atoms with Crippen LogP contribution in [0.25, 0.3) is 11.4 Å². The maximum absolute atomic E-state index is 12.3. The Morgan fingerprint density at radius 2 is 1.86 bits per heavy atom. The summed E-state index contributed by atoms with van der Waals surface area (Å²) in [6.45, 7) is 4.09. The molecule has 0 saturated heterocycles. The lowest BCUT2D eigenvalue weighted by molar-refractivity contribution is -0.119. The number of aryl methyl sites for hydroxylation is 1. The van der Waals surface area contributed by atoms with Gasteiger partial charge in [-0.15, -0.1) is 10.2 Å². The predicted molar refractivity (Wildman–Crippen MR) is 115 cm³/mol. The van der Waals surface area contributed by atoms with Crippen LogP contribution in [0.5, 0.6) is 5.75 Å². The number of ether oxygens (including phenoxy) is 1. The first-order chi connectivity index (χ1) is 14.0. The van der Waals surface area contributed by atoms with E-state index in [1.807, 2.05) is 31.2 Å². The fourth-order valence-corrected chi connectivity index (χ4v) is 3.52. The van der Waals surface area contributed by atoms with Crippen LogP contribution in [0.4, 0.5) is 0 Å². The molecule has 0 aliphatic carbocycles. The number of nitrogens with one attached hydrogen (secondary N) is 1. The third-order valence-corrected chi connectivity index (χ3v) is 5.55. The molecule has 0 spiro atoms. The number of carbonyl (C=O) groups excluding carboxylic acids is 1. The summed E-state index contributed by atoms with van der Waals surface area (Å²) in [4.78, 5) is 12.3. The number of amides is 1. The van der Waals surface area contributed by atoms with Gasteiger partial charge in [0.2, 0.25) is 11.1 Å². The Labute approximate surface area is 174 Å². The van der Waals surface area contributed by atoms with Gasteiger partial charge < -0.3 is 15.9 Å². The highest BCUT2D eigenvalue weighted by molar-refractivity contribution is 7.99. The smallest absolute Gasteiger partial charge is 0.230 e. The van der Waals surface area contributed by atoms with Crippen LogP contribution >= 0.6 is 11.8 Å². The molecule has 0 aliphatic heterocycles. The Kier molecular flexibility index (Phi) is 6.77. The minimum atomic E-state index is -0.0870. The van der Waals surface area contributed by atoms with E-state index < -0.39 is 0 Å². The van der Waals surface area contributed by atoms with Crippen LogP contribution in [0.2, 0.25) is 0 Å². The molecule has 29 heavy (non-hydrogen) atoms. The monoisotopic (exact) mass is 411 g/mol. The van der Waals surface area contributed by atoms with Gasteiger partial charge in [-0.3, -0.25) is 4.79 Å². The Morgan fingerprint density at radius 1 is 1.17 bits per heavy atom. The van der Waals surface area contributed by atoms with E-state index in [0.29, 0.717) is 11.0 Å². The number of benzene rings is 2. The van der Waals surface area contributed by atoms with Gasteiger partial charge >= 0.3 is 0 Å². The zero-order valence-corrected chi connectivity index (χ0v) is 17.6. The summed E-state index contributed by atoms with van der Waals surface area (Å²) in [7, 11) is 1.61. The van der Waals surface area contributed by atoms with Gasteiger partial charge in [-0.1, -0.05) is 43.0 Å². The molecular formula is C21H25N5O2S. The van der Waals surface area contributed by atoms with Crippen molar-refractivity contribution >= 4 is 17.7 Å². The maximum Gasteiger partial charge on any atom is 0.230 e. The number of methoxy groups -OCH3 is 1. The molecule has 0 aliphatic rings. The summed E-state index contributed by atoms with van der Waals surface area (Å²) in [5, 5.41) is 11.7. The quantitative estimate of drug-likeness (QED) is 0.437. The molecule has 8 heteroatoms. The molecule has 3 rings (SSSR count). The Bertz CT molecular complexity index is 954. The molecule has 3 N–H and O–H groups in total. The van der Waals surface area contributed by atoms with Crippen molar-refractivity contribution in [2.45, 2.75) is 31.5 Å². The number of nitrogens with zero attached hydrogens (tertiary/aromatic N) is 3. The third kappa shape index (κ3) is 5.08. The van der Waals surface area contributed by atoms with E-state index in [0.717, 1.165) is 23.3 Å². The Morgan fingerprint density at radius 3 is 2.48 bits per heavy atom. The lowest BCUT2D eigenvalue weighted by atomic mass is 10.1. The fraction of sp³-hybridized carbons (Fsp3) is 0.286. The molecule has 1 amide bonds. The van der Waals surface area contributed by atoms with E-state index in [2.05, 4.69) is 46.7 Å². The average Bonchev–Trinajstić information content (AvgIpc) is 3.12. The van der Waals surface area contributed by atoms with Gasteiger partial charge in [0, 0.05) is 5.56 Å². The number of thioether (sulfide) groups is 1. The third-order valence-electron chi connectivity index (χ3n) is 4.61. The van der Waals surface area contributed by atoms with E-state index in [-0.39, 0.29) is 17.7 Å². The molecule has 0 bridgehead atoms. The summed E-state index contributed by atoms with van der Waals surface area (Å²) in [5.74, 6) is 7.52. The summed E-state index contributed by atoms with van der Waals surface area (Å²) in [6, 6.07) is 15.6. The van der Waals surface area contributed by atoms with Gasteiger partial charge in [-0.25, -0.2) is 4.68 Å². The van der Waals surface area contributed by atoms with E-state index in [1.165, 1.54) is 22.0 Å². The van der Waals surface area contributed by atoms with Gasteiger partial charge in [0.05, 0.1) is 18.9 Å². The van der Waals surface area contributed by atoms with Crippen LogP contribution < -0.4 is 15.9 Å². The van der Waals surface area contributed by atoms with Crippen molar-refractivity contribution in [3.8, 4) is 17.1 Å². The zero-order valence-electron chi connectivity index (χ0n) is 16.8. The summed E-state index contributed by atoms with van der Waals surface area (Å²) >= 11 is 1.25. The molecule has 3 aromatic rings. The predicted octanol–water partition coefficient (Wildman–Crippen LogP) is 3.20. The number of nitrogen functional groups attached to an aromatic ring is 1. The Hall–Kier alpha value is -3.00. The largest absolute Gasteiger partial charge is 0.497 e. The first-order valence-electron chi connectivity index (χ1n) is 9.37. The minimum Gasteiger partial charge on any atom is -0.497 e. The number of aromatic nitrogens is 3. The second-order valence-corrected chi connectivity index (χ2v) is 7.52. The van der Waals surface area contributed by atoms with Crippen LogP contribution in [0.1, 0.15) is 31.0 Å². The Balaban J connectivity index is 1.57. The zero-order chi connectivity index (χ0) is 20.8. The topological polar surface area (TPSA) is 95.1 Å². The molecule has 0 radical (unpaired) electrons. The summed E-state index contributed by atoms with van der Waals surface area (Å²) < 4.78 is 6.55. The van der Waals surface area contributed by atoms with Gasteiger partial charge in [-0.05, 0) is 48.7 Å². The molecule has 1 heterocycles. The van der Waals surface area contributed by atoms with Crippen LogP contribution in [0, 0.1) is 0 Å². The highest BCUT2D eigenvalue weighted by atomic mass is 32.2. The molecule has 7 nitrogen and oxygen atoms in total. The van der Waals surface area contributed by atoms with Crippen LogP contribution in [0.15, 0.2) is 53.7 Å². The molecule has 0 fully saturated rings. The summed E-state index contributed by atoms with van der Waals surface area (Å²) in [5.41, 5.74) is 3.17. The van der Waals surface area contributed by atoms with E-state index in [9.17, 15) is 4.79 Å². The van der Waals surface area contributed by atoms with Gasteiger partial charge in [0.1, 0.15) is 5.75 Å². The first-order valence-corrected chi connectivity index (χ1v) is 10.4. The molecule has 1 aromatic heterocycles. The number of rotatable bonds is 8. The molecule has 2 aromatic carbocycles. The van der Waals surface area contributed by atoms with Crippen LogP contribution in [-0.4, -0.2) is 33.6 Å². The van der Waals surface area contributed by atoms with Crippen molar-refractivity contribution in [1.29, 1.82) is 0 Å². The van der Waals surface area contributed by atoms with E-state index in [1.54, 1.807) is 7.11 Å². The van der Waals surface area contributed by atoms with E-state index >= 15 is 0 Å². The highest BCUT2D eigenvalue weighted by Crippen LogP contribution is 2.23. The van der Waals surface area contributed by atoms with Crippen molar-refractivity contribution in [1.82, 2.24) is 20.2 Å². The van der Waals surface area contributed by atoms with Gasteiger partial charge in [0.25, 0.3) is 0 Å². The number of carbonyl (C=O) groups is 1. The van der Waals surface area contributed by atoms with Crippen LogP contribution in [0.3, 0.4) is 0 Å². The molecule has 152 valence electrons. The van der Waals surface area contributed by atoms with Crippen LogP contribution in [-0.2, 0) is 11.2 Å². The standard InChI is InChI=1S/C21H25N5O2S/c1-4-15-5-7-16(8-6-15)14(2)23-19(27)13-29-21-25-24-20(26(21)22)17-9-11-18(28-3)12-10-17/h5-12,14H,4,13,22H2,1-3H3,(H,23,27)/t14-/m0/s1. The average molecular weight is 412 g/mol. The second kappa shape index (κ2) is 9.47. The fourth-order valence-electron chi connectivity index (χ4n) is 2.85. The number of hydrogen-bond donors (Lipinski definition) is 2. The lowest BCUT2D eigenvalue weighted by Crippen LogP contribution is -2.28. The summed E-state index contributed by atoms with van der Waals surface area (Å²) in [6.07, 6.45) is 0.996. The van der Waals surface area contributed by atoms with Crippen molar-refractivity contribution in [3.05, 3.63) is 59.7 Å². The van der Waals surface area contributed by atoms with Crippen molar-refractivity contribution in [2.75, 3.05) is 18.7 Å². The SMILES string of the molecule is CCc1ccc([C@H](C)NC(=O)CSc2nnc(-c3ccc(OC)cc3)n2N)cc1. The van der Waals surface area contributed by atoms with Gasteiger partial charge in [-0.2, -0.15) is 0 Å². The molecule has 0 saturated carbocycles. The maximum atomic E-state index is 12.3. The molecule has 1 atom stereocenters. The normalized spacial score (nSPS) is 11.8. The van der Waals surface area contributed by atoms with Crippen molar-refractivity contribution in [2.24, 2.45) is 0 Å². The van der Waals surface area contributed by atoms with Gasteiger partial charge in [0.15, 0.2) is 5.82 Å². The second-order valence-electron chi connectivity index (χ2n) is 6.58. The van der Waals surface area contributed by atoms with Crippen molar-refractivity contribution < 1.29 is 9.53 Å². The minimum absolute atomic E-state index is 0.0698. The van der Waals surface area contributed by atoms with Crippen molar-refractivity contribution in [3.63, 3.8) is 0 Å².